The number of aryl methyl sites for hydroxylation is 1. The number of nitrogens with zero attached hydrogens (tertiary/aromatic N) is 1. The van der Waals surface area contributed by atoms with Crippen LogP contribution < -0.4 is 19.1 Å². The van der Waals surface area contributed by atoms with E-state index in [9.17, 15) is 21.6 Å². The molecule has 0 aliphatic carbocycles. The lowest BCUT2D eigenvalue weighted by Gasteiger charge is -2.23. The molecule has 0 aromatic heterocycles. The molecule has 1 amide bonds. The van der Waals surface area contributed by atoms with Crippen molar-refractivity contribution in [2.75, 3.05) is 23.0 Å². The van der Waals surface area contributed by atoms with Gasteiger partial charge < -0.3 is 10.1 Å². The number of amides is 1. The van der Waals surface area contributed by atoms with Crippen molar-refractivity contribution in [1.29, 1.82) is 0 Å². The van der Waals surface area contributed by atoms with Gasteiger partial charge in [0.05, 0.1) is 36.2 Å². The van der Waals surface area contributed by atoms with Crippen LogP contribution in [0, 0.1) is 6.92 Å². The Bertz CT molecular complexity index is 1470. The van der Waals surface area contributed by atoms with Crippen molar-refractivity contribution in [3.63, 3.8) is 0 Å². The van der Waals surface area contributed by atoms with Crippen molar-refractivity contribution in [3.05, 3.63) is 83.4 Å². The Morgan fingerprint density at radius 2 is 1.57 bits per heavy atom. The average Bonchev–Trinajstić information content (AvgIpc) is 2.82. The molecule has 3 aromatic carbocycles. The molecular weight excluding hydrogens is 514 g/mol. The minimum Gasteiger partial charge on any atom is -0.495 e. The SMILES string of the molecule is COc1ccc(S(=O)(=O)NC(C)C)cc1NC(=O)c1ccc(N(Cc2ccc(C)cc2)S(C)(=O)=O)cc1. The van der Waals surface area contributed by atoms with Crippen LogP contribution in [-0.2, 0) is 26.6 Å². The minimum absolute atomic E-state index is 0.0208. The highest BCUT2D eigenvalue weighted by molar-refractivity contribution is 7.92. The number of nitrogens with one attached hydrogen (secondary N) is 2. The third-order valence-corrected chi connectivity index (χ3v) is 8.18. The molecular formula is C26H31N3O6S2. The first-order valence-electron chi connectivity index (χ1n) is 11.4. The van der Waals surface area contributed by atoms with E-state index in [1.54, 1.807) is 26.0 Å². The largest absolute Gasteiger partial charge is 0.495 e. The molecule has 0 bridgehead atoms. The van der Waals surface area contributed by atoms with Crippen LogP contribution in [0.5, 0.6) is 5.75 Å². The molecule has 0 spiro atoms. The van der Waals surface area contributed by atoms with E-state index in [1.807, 2.05) is 31.2 Å². The van der Waals surface area contributed by atoms with Crippen molar-refractivity contribution < 1.29 is 26.4 Å². The van der Waals surface area contributed by atoms with E-state index in [-0.39, 0.29) is 34.5 Å². The van der Waals surface area contributed by atoms with E-state index < -0.39 is 26.0 Å². The fourth-order valence-electron chi connectivity index (χ4n) is 3.56. The lowest BCUT2D eigenvalue weighted by atomic mass is 10.1. The van der Waals surface area contributed by atoms with Gasteiger partial charge in [0.25, 0.3) is 5.91 Å². The molecule has 2 N–H and O–H groups in total. The van der Waals surface area contributed by atoms with Crippen LogP contribution in [0.4, 0.5) is 11.4 Å². The van der Waals surface area contributed by atoms with E-state index in [2.05, 4.69) is 10.0 Å². The molecule has 198 valence electrons. The smallest absolute Gasteiger partial charge is 0.255 e. The second kappa shape index (κ2) is 11.3. The fourth-order valence-corrected chi connectivity index (χ4v) is 5.73. The molecule has 11 heteroatoms. The minimum atomic E-state index is -3.78. The fraction of sp³-hybridized carbons (Fsp3) is 0.269. The predicted octanol–water partition coefficient (Wildman–Crippen LogP) is 3.91. The number of rotatable bonds is 10. The average molecular weight is 546 g/mol. The summed E-state index contributed by atoms with van der Waals surface area (Å²) in [4.78, 5) is 12.9. The van der Waals surface area contributed by atoms with Gasteiger partial charge in [-0.25, -0.2) is 21.6 Å². The summed E-state index contributed by atoms with van der Waals surface area (Å²) in [5, 5.41) is 2.68. The Morgan fingerprint density at radius 1 is 0.946 bits per heavy atom. The molecule has 0 unspecified atom stereocenters. The zero-order valence-electron chi connectivity index (χ0n) is 21.3. The highest BCUT2D eigenvalue weighted by Crippen LogP contribution is 2.29. The van der Waals surface area contributed by atoms with Gasteiger partial charge in [-0.3, -0.25) is 9.10 Å². The molecule has 9 nitrogen and oxygen atoms in total. The number of hydrogen-bond donors (Lipinski definition) is 2. The predicted molar refractivity (Wildman–Crippen MR) is 145 cm³/mol. The highest BCUT2D eigenvalue weighted by Gasteiger charge is 2.21. The molecule has 3 aromatic rings. The van der Waals surface area contributed by atoms with Crippen molar-refractivity contribution in [2.24, 2.45) is 0 Å². The zero-order chi connectivity index (χ0) is 27.4. The van der Waals surface area contributed by atoms with E-state index >= 15 is 0 Å². The van der Waals surface area contributed by atoms with Crippen LogP contribution in [0.25, 0.3) is 0 Å². The van der Waals surface area contributed by atoms with Gasteiger partial charge in [-0.05, 0) is 68.8 Å². The van der Waals surface area contributed by atoms with Crippen molar-refractivity contribution in [3.8, 4) is 5.75 Å². The van der Waals surface area contributed by atoms with Crippen LogP contribution in [0.3, 0.4) is 0 Å². The first-order valence-corrected chi connectivity index (χ1v) is 14.8. The molecule has 0 atom stereocenters. The monoisotopic (exact) mass is 545 g/mol. The van der Waals surface area contributed by atoms with Gasteiger partial charge in [-0.2, -0.15) is 0 Å². The maximum absolute atomic E-state index is 13.0. The molecule has 0 saturated heterocycles. The van der Waals surface area contributed by atoms with E-state index in [0.29, 0.717) is 5.69 Å². The van der Waals surface area contributed by atoms with Gasteiger partial charge in [-0.1, -0.05) is 29.8 Å². The van der Waals surface area contributed by atoms with Gasteiger partial charge in [0.15, 0.2) is 0 Å². The number of carbonyl (C=O) groups is 1. The first-order chi connectivity index (χ1) is 17.3. The number of ether oxygens (including phenoxy) is 1. The Hall–Kier alpha value is -3.41. The molecule has 3 rings (SSSR count). The summed E-state index contributed by atoms with van der Waals surface area (Å²) >= 11 is 0. The Kier molecular flexibility index (Phi) is 8.62. The maximum atomic E-state index is 13.0. The van der Waals surface area contributed by atoms with E-state index in [1.165, 1.54) is 41.7 Å². The van der Waals surface area contributed by atoms with Gasteiger partial charge >= 0.3 is 0 Å². The van der Waals surface area contributed by atoms with Crippen LogP contribution >= 0.6 is 0 Å². The summed E-state index contributed by atoms with van der Waals surface area (Å²) in [6, 6.07) is 17.5. The third-order valence-electron chi connectivity index (χ3n) is 5.38. The summed E-state index contributed by atoms with van der Waals surface area (Å²) < 4.78 is 59.1. The van der Waals surface area contributed by atoms with Gasteiger partial charge in [0.2, 0.25) is 20.0 Å². The van der Waals surface area contributed by atoms with Crippen molar-refractivity contribution in [1.82, 2.24) is 4.72 Å². The van der Waals surface area contributed by atoms with Crippen molar-refractivity contribution >= 4 is 37.3 Å². The van der Waals surface area contributed by atoms with Crippen LogP contribution in [-0.4, -0.2) is 42.2 Å². The summed E-state index contributed by atoms with van der Waals surface area (Å²) in [5.41, 5.74) is 2.74. The second-order valence-corrected chi connectivity index (χ2v) is 12.5. The molecule has 0 saturated carbocycles. The van der Waals surface area contributed by atoms with Crippen LogP contribution in [0.2, 0.25) is 0 Å². The lowest BCUT2D eigenvalue weighted by Crippen LogP contribution is -2.30. The number of hydrogen-bond acceptors (Lipinski definition) is 6. The number of benzene rings is 3. The van der Waals surface area contributed by atoms with Crippen LogP contribution in [0.15, 0.2) is 71.6 Å². The standard InChI is InChI=1S/C26H31N3O6S2/c1-18(2)28-37(33,34)23-14-15-25(35-4)24(16-23)27-26(30)21-10-12-22(13-11-21)29(36(5,31)32)17-20-8-6-19(3)7-9-20/h6-16,18,28H,17H2,1-5H3,(H,27,30). The summed E-state index contributed by atoms with van der Waals surface area (Å²) in [5.74, 6) is -0.226. The molecule has 0 aliphatic heterocycles. The van der Waals surface area contributed by atoms with E-state index in [4.69, 9.17) is 4.74 Å². The molecule has 0 radical (unpaired) electrons. The first kappa shape index (κ1) is 28.2. The normalized spacial score (nSPS) is 11.8. The Labute approximate surface area is 218 Å². The quantitative estimate of drug-likeness (QED) is 0.398. The van der Waals surface area contributed by atoms with Gasteiger partial charge in [-0.15, -0.1) is 0 Å². The van der Waals surface area contributed by atoms with E-state index in [0.717, 1.165) is 17.4 Å². The highest BCUT2D eigenvalue weighted by atomic mass is 32.2. The lowest BCUT2D eigenvalue weighted by molar-refractivity contribution is 0.102. The zero-order valence-corrected chi connectivity index (χ0v) is 23.0. The Morgan fingerprint density at radius 3 is 2.11 bits per heavy atom. The summed E-state index contributed by atoms with van der Waals surface area (Å²) in [6.07, 6.45) is 1.13. The molecule has 0 aliphatic rings. The van der Waals surface area contributed by atoms with Gasteiger partial charge in [0.1, 0.15) is 5.75 Å². The molecule has 0 heterocycles. The molecule has 37 heavy (non-hydrogen) atoms. The van der Waals surface area contributed by atoms with Crippen molar-refractivity contribution in [2.45, 2.75) is 38.3 Å². The maximum Gasteiger partial charge on any atom is 0.255 e. The number of sulfonamides is 2. The van der Waals surface area contributed by atoms with Crippen LogP contribution in [0.1, 0.15) is 35.3 Å². The second-order valence-electron chi connectivity index (χ2n) is 8.89. The third kappa shape index (κ3) is 7.31. The number of methoxy groups -OCH3 is 1. The Balaban J connectivity index is 1.85. The number of anilines is 2. The molecule has 0 fully saturated rings. The summed E-state index contributed by atoms with van der Waals surface area (Å²) in [6.45, 7) is 5.51. The van der Waals surface area contributed by atoms with Gasteiger partial charge in [0, 0.05) is 11.6 Å². The topological polar surface area (TPSA) is 122 Å². The summed E-state index contributed by atoms with van der Waals surface area (Å²) in [7, 11) is -5.96. The number of carbonyl (C=O) groups excluding carboxylic acids is 1.